The lowest BCUT2D eigenvalue weighted by Gasteiger charge is -2.28. The third kappa shape index (κ3) is 6.68. The molecule has 168 valence electrons. The molecule has 2 aromatic carbocycles. The van der Waals surface area contributed by atoms with Gasteiger partial charge in [-0.1, -0.05) is 23.9 Å². The summed E-state index contributed by atoms with van der Waals surface area (Å²) < 4.78 is 5.41. The van der Waals surface area contributed by atoms with Gasteiger partial charge in [-0.05, 0) is 48.0 Å². The van der Waals surface area contributed by atoms with Crippen molar-refractivity contribution in [2.45, 2.75) is 22.9 Å². The number of nitrogens with zero attached hydrogens (tertiary/aromatic N) is 4. The van der Waals surface area contributed by atoms with Crippen molar-refractivity contribution < 1.29 is 9.53 Å². The van der Waals surface area contributed by atoms with Crippen LogP contribution in [0.1, 0.15) is 12.0 Å². The highest BCUT2D eigenvalue weighted by atomic mass is 32.2. The van der Waals surface area contributed by atoms with Gasteiger partial charge in [0.05, 0.1) is 19.3 Å². The minimum absolute atomic E-state index is 0.129. The summed E-state index contributed by atoms with van der Waals surface area (Å²) >= 11 is 1.53. The van der Waals surface area contributed by atoms with E-state index in [2.05, 4.69) is 37.6 Å². The average molecular weight is 461 g/mol. The fourth-order valence-electron chi connectivity index (χ4n) is 3.30. The van der Waals surface area contributed by atoms with Gasteiger partial charge in [0.1, 0.15) is 11.4 Å². The molecule has 1 aromatic heterocycles. The molecule has 33 heavy (non-hydrogen) atoms. The van der Waals surface area contributed by atoms with E-state index in [0.29, 0.717) is 12.5 Å². The van der Waals surface area contributed by atoms with Crippen LogP contribution in [0.2, 0.25) is 0 Å². The lowest BCUT2D eigenvalue weighted by molar-refractivity contribution is -0.120. The molecule has 3 aromatic rings. The van der Waals surface area contributed by atoms with Crippen LogP contribution in [-0.2, 0) is 16.1 Å². The summed E-state index contributed by atoms with van der Waals surface area (Å²) in [6.45, 7) is 3.75. The van der Waals surface area contributed by atoms with Gasteiger partial charge in [0.25, 0.3) is 0 Å². The second-order valence-corrected chi connectivity index (χ2v) is 8.44. The van der Waals surface area contributed by atoms with Crippen LogP contribution < -0.4 is 15.5 Å². The van der Waals surface area contributed by atoms with Crippen LogP contribution in [0.3, 0.4) is 0 Å². The molecule has 1 aliphatic rings. The maximum Gasteiger partial charge on any atom is 0.234 e. The predicted octanol–water partition coefficient (Wildman–Crippen LogP) is 3.74. The van der Waals surface area contributed by atoms with Gasteiger partial charge in [-0.25, -0.2) is 9.97 Å². The summed E-state index contributed by atoms with van der Waals surface area (Å²) in [5, 5.41) is 15.3. The first kappa shape index (κ1) is 22.6. The molecule has 0 bridgehead atoms. The molecular formula is C24H24N6O2S. The summed E-state index contributed by atoms with van der Waals surface area (Å²) in [4.78, 5) is 23.7. The minimum atomic E-state index is -0.271. The van der Waals surface area contributed by atoms with E-state index in [-0.39, 0.29) is 12.3 Å². The lowest BCUT2D eigenvalue weighted by atomic mass is 10.2. The Morgan fingerprint density at radius 3 is 2.58 bits per heavy atom. The van der Waals surface area contributed by atoms with Gasteiger partial charge in [0.2, 0.25) is 11.9 Å². The first-order chi connectivity index (χ1) is 16.2. The van der Waals surface area contributed by atoms with Crippen molar-refractivity contribution in [3.05, 3.63) is 66.4 Å². The van der Waals surface area contributed by atoms with E-state index in [1.807, 2.05) is 48.5 Å². The highest BCUT2D eigenvalue weighted by Gasteiger charge is 2.11. The smallest absolute Gasteiger partial charge is 0.234 e. The van der Waals surface area contributed by atoms with Crippen LogP contribution in [0.25, 0.3) is 0 Å². The molecule has 8 nitrogen and oxygen atoms in total. The maximum absolute atomic E-state index is 11.4. The van der Waals surface area contributed by atoms with Crippen molar-refractivity contribution in [1.29, 1.82) is 5.26 Å². The second-order valence-electron chi connectivity index (χ2n) is 7.35. The highest BCUT2D eigenvalue weighted by molar-refractivity contribution is 7.99. The molecule has 1 fully saturated rings. The van der Waals surface area contributed by atoms with Crippen molar-refractivity contribution in [2.75, 3.05) is 36.5 Å². The van der Waals surface area contributed by atoms with Crippen molar-refractivity contribution in [1.82, 2.24) is 15.3 Å². The number of ether oxygens (including phenoxy) is 1. The zero-order valence-corrected chi connectivity index (χ0v) is 18.8. The molecule has 1 amide bonds. The Bertz CT molecular complexity index is 1110. The fraction of sp³-hybridized carbons (Fsp3) is 0.250. The van der Waals surface area contributed by atoms with E-state index in [0.717, 1.165) is 47.5 Å². The first-order valence-corrected chi connectivity index (χ1v) is 11.4. The normalized spacial score (nSPS) is 13.2. The van der Waals surface area contributed by atoms with Crippen LogP contribution in [0.5, 0.6) is 0 Å². The molecule has 0 unspecified atom stereocenters. The molecule has 2 N–H and O–H groups in total. The number of hydrogen-bond donors (Lipinski definition) is 2. The van der Waals surface area contributed by atoms with E-state index < -0.39 is 0 Å². The summed E-state index contributed by atoms with van der Waals surface area (Å²) in [5.74, 6) is 0.267. The Hall–Kier alpha value is -3.61. The largest absolute Gasteiger partial charge is 0.378 e. The number of hydrogen-bond acceptors (Lipinski definition) is 8. The van der Waals surface area contributed by atoms with E-state index in [9.17, 15) is 4.79 Å². The number of nitrogens with one attached hydrogen (secondary N) is 2. The number of benzene rings is 2. The minimum Gasteiger partial charge on any atom is -0.378 e. The number of rotatable bonds is 8. The molecule has 9 heteroatoms. The third-order valence-corrected chi connectivity index (χ3v) is 5.95. The van der Waals surface area contributed by atoms with E-state index in [4.69, 9.17) is 10.00 Å². The second kappa shape index (κ2) is 11.3. The quantitative estimate of drug-likeness (QED) is 0.490. The fourth-order valence-corrected chi connectivity index (χ4v) is 4.07. The summed E-state index contributed by atoms with van der Waals surface area (Å²) in [6, 6.07) is 19.8. The van der Waals surface area contributed by atoms with E-state index >= 15 is 0 Å². The van der Waals surface area contributed by atoms with Gasteiger partial charge in [0.15, 0.2) is 0 Å². The molecular weight excluding hydrogens is 436 g/mol. The van der Waals surface area contributed by atoms with E-state index in [1.165, 1.54) is 17.4 Å². The number of aromatic nitrogens is 2. The van der Waals surface area contributed by atoms with Gasteiger partial charge in [0, 0.05) is 42.1 Å². The number of morpholine rings is 1. The molecule has 0 radical (unpaired) electrons. The number of carbonyl (C=O) groups excluding carboxylic acids is 1. The molecule has 1 saturated heterocycles. The highest BCUT2D eigenvalue weighted by Crippen LogP contribution is 2.27. The Kier molecular flexibility index (Phi) is 7.74. The van der Waals surface area contributed by atoms with Crippen molar-refractivity contribution >= 4 is 35.0 Å². The van der Waals surface area contributed by atoms with Crippen LogP contribution in [0.15, 0.2) is 70.7 Å². The lowest BCUT2D eigenvalue weighted by Crippen LogP contribution is -2.36. The van der Waals surface area contributed by atoms with Crippen LogP contribution >= 0.6 is 11.8 Å². The predicted molar refractivity (Wildman–Crippen MR) is 127 cm³/mol. The zero-order valence-electron chi connectivity index (χ0n) is 18.0. The Balaban J connectivity index is 1.33. The van der Waals surface area contributed by atoms with Crippen LogP contribution in [0.4, 0.5) is 17.3 Å². The maximum atomic E-state index is 11.4. The molecule has 1 aliphatic heterocycles. The Morgan fingerprint density at radius 2 is 1.85 bits per heavy atom. The van der Waals surface area contributed by atoms with Crippen LogP contribution in [-0.4, -0.2) is 42.2 Å². The number of amides is 1. The molecule has 4 rings (SSSR count). The molecule has 0 spiro atoms. The Morgan fingerprint density at radius 1 is 1.09 bits per heavy atom. The molecule has 2 heterocycles. The van der Waals surface area contributed by atoms with Crippen molar-refractivity contribution in [3.8, 4) is 6.07 Å². The molecule has 0 aliphatic carbocycles. The van der Waals surface area contributed by atoms with Gasteiger partial charge < -0.3 is 20.3 Å². The third-order valence-electron chi connectivity index (χ3n) is 5.00. The van der Waals surface area contributed by atoms with Crippen molar-refractivity contribution in [3.63, 3.8) is 0 Å². The van der Waals surface area contributed by atoms with Gasteiger partial charge >= 0.3 is 0 Å². The molecule has 0 saturated carbocycles. The first-order valence-electron chi connectivity index (χ1n) is 10.6. The summed E-state index contributed by atoms with van der Waals surface area (Å²) in [7, 11) is 0. The summed E-state index contributed by atoms with van der Waals surface area (Å²) in [5.41, 5.74) is 3.08. The van der Waals surface area contributed by atoms with Gasteiger partial charge in [-0.3, -0.25) is 4.79 Å². The Labute approximate surface area is 197 Å². The van der Waals surface area contributed by atoms with Gasteiger partial charge in [-0.15, -0.1) is 0 Å². The van der Waals surface area contributed by atoms with Gasteiger partial charge in [-0.2, -0.15) is 5.26 Å². The number of carbonyl (C=O) groups is 1. The zero-order chi connectivity index (χ0) is 22.9. The SMILES string of the molecule is N#CCC(=O)NCc1ccc(Sc2ccnc(Nc3ccc(N4CCOCC4)cc3)n2)cc1. The van der Waals surface area contributed by atoms with Crippen LogP contribution in [0, 0.1) is 11.3 Å². The van der Waals surface area contributed by atoms with Crippen molar-refractivity contribution in [2.24, 2.45) is 0 Å². The average Bonchev–Trinajstić information content (AvgIpc) is 2.85. The number of anilines is 3. The molecule has 0 atom stereocenters. The topological polar surface area (TPSA) is 103 Å². The summed E-state index contributed by atoms with van der Waals surface area (Å²) in [6.07, 6.45) is 1.61. The standard InChI is InChI=1S/C24H24N6O2S/c25-11-9-22(31)27-17-18-1-7-21(8-2-18)33-23-10-12-26-24(29-23)28-19-3-5-20(6-4-19)30-13-15-32-16-14-30/h1-8,10,12H,9,13-17H2,(H,27,31)(H,26,28,29). The van der Waals surface area contributed by atoms with E-state index in [1.54, 1.807) is 6.20 Å². The monoisotopic (exact) mass is 460 g/mol. The number of nitriles is 1.